The van der Waals surface area contributed by atoms with Crippen molar-refractivity contribution in [2.75, 3.05) is 19.0 Å². The van der Waals surface area contributed by atoms with E-state index in [1.54, 1.807) is 13.3 Å². The Balaban J connectivity index is 0.00000225. The monoisotopic (exact) mass is 454 g/mol. The van der Waals surface area contributed by atoms with Gasteiger partial charge >= 0.3 is 0 Å². The van der Waals surface area contributed by atoms with E-state index in [1.165, 1.54) is 12.8 Å². The summed E-state index contributed by atoms with van der Waals surface area (Å²) in [6.45, 7) is 1.22. The highest BCUT2D eigenvalue weighted by Crippen LogP contribution is 2.29. The summed E-state index contributed by atoms with van der Waals surface area (Å²) in [6.07, 6.45) is 4.26. The fourth-order valence-corrected chi connectivity index (χ4v) is 2.15. The Labute approximate surface area is 164 Å². The first-order valence-electron chi connectivity index (χ1n) is 8.01. The van der Waals surface area contributed by atoms with Gasteiger partial charge in [-0.1, -0.05) is 0 Å². The SMILES string of the molecule is COc1ccc(NC(N)=NCc2ccnc(OCC3CC3)c2)cc1.I. The van der Waals surface area contributed by atoms with Crippen molar-refractivity contribution in [1.82, 2.24) is 4.98 Å². The van der Waals surface area contributed by atoms with Crippen LogP contribution in [0.3, 0.4) is 0 Å². The maximum absolute atomic E-state index is 5.93. The van der Waals surface area contributed by atoms with E-state index in [9.17, 15) is 0 Å². The van der Waals surface area contributed by atoms with Crippen molar-refractivity contribution in [3.05, 3.63) is 48.2 Å². The number of nitrogens with two attached hydrogens (primary N) is 1. The number of aliphatic imine (C=N–C) groups is 1. The molecule has 0 bridgehead atoms. The van der Waals surface area contributed by atoms with E-state index in [0.717, 1.165) is 23.6 Å². The first-order valence-corrected chi connectivity index (χ1v) is 8.01. The van der Waals surface area contributed by atoms with E-state index < -0.39 is 0 Å². The minimum atomic E-state index is 0. The number of hydrogen-bond acceptors (Lipinski definition) is 4. The lowest BCUT2D eigenvalue weighted by Gasteiger charge is -2.07. The standard InChI is InChI=1S/C18H22N4O2.HI/c1-23-16-6-4-15(5-7-16)22-18(19)21-11-14-8-9-20-17(10-14)24-12-13-2-3-13;/h4-10,13H,2-3,11-12H2,1H3,(H3,19,21,22);1H. The molecule has 0 spiro atoms. The van der Waals surface area contributed by atoms with Crippen LogP contribution in [0.5, 0.6) is 11.6 Å². The number of benzene rings is 1. The average Bonchev–Trinajstić information content (AvgIpc) is 3.44. The zero-order valence-electron chi connectivity index (χ0n) is 14.1. The van der Waals surface area contributed by atoms with Crippen molar-refractivity contribution < 1.29 is 9.47 Å². The number of methoxy groups -OCH3 is 1. The molecule has 0 radical (unpaired) electrons. The Bertz CT molecular complexity index is 702. The molecule has 3 N–H and O–H groups in total. The summed E-state index contributed by atoms with van der Waals surface area (Å²) < 4.78 is 10.8. The Morgan fingerprint density at radius 2 is 2.04 bits per heavy atom. The number of aromatic nitrogens is 1. The third-order valence-electron chi connectivity index (χ3n) is 3.76. The minimum Gasteiger partial charge on any atom is -0.497 e. The maximum atomic E-state index is 5.93. The van der Waals surface area contributed by atoms with Gasteiger partial charge in [-0.25, -0.2) is 9.98 Å². The van der Waals surface area contributed by atoms with E-state index in [-0.39, 0.29) is 24.0 Å². The van der Waals surface area contributed by atoms with Gasteiger partial charge in [0.15, 0.2) is 5.96 Å². The van der Waals surface area contributed by atoms with Gasteiger partial charge in [-0.2, -0.15) is 0 Å². The predicted molar refractivity (Wildman–Crippen MR) is 110 cm³/mol. The highest BCUT2D eigenvalue weighted by Gasteiger charge is 2.22. The van der Waals surface area contributed by atoms with Crippen LogP contribution in [0.1, 0.15) is 18.4 Å². The molecule has 1 saturated carbocycles. The van der Waals surface area contributed by atoms with Gasteiger partial charge in [-0.15, -0.1) is 24.0 Å². The molecular weight excluding hydrogens is 431 g/mol. The molecule has 0 aliphatic heterocycles. The Hall–Kier alpha value is -2.03. The molecule has 3 rings (SSSR count). The second-order valence-corrected chi connectivity index (χ2v) is 5.81. The molecule has 2 aromatic rings. The highest BCUT2D eigenvalue weighted by atomic mass is 127. The van der Waals surface area contributed by atoms with Crippen molar-refractivity contribution in [3.63, 3.8) is 0 Å². The number of anilines is 1. The molecule has 1 heterocycles. The number of halogens is 1. The number of pyridine rings is 1. The van der Waals surface area contributed by atoms with Crippen LogP contribution in [0, 0.1) is 5.92 Å². The molecule has 1 aliphatic rings. The summed E-state index contributed by atoms with van der Waals surface area (Å²) in [7, 11) is 1.63. The molecule has 0 amide bonds. The fourth-order valence-electron chi connectivity index (χ4n) is 2.15. The number of nitrogens with one attached hydrogen (secondary N) is 1. The molecule has 7 heteroatoms. The zero-order valence-corrected chi connectivity index (χ0v) is 16.5. The van der Waals surface area contributed by atoms with Crippen LogP contribution in [-0.2, 0) is 6.54 Å². The number of hydrogen-bond donors (Lipinski definition) is 2. The van der Waals surface area contributed by atoms with Crippen LogP contribution in [0.2, 0.25) is 0 Å². The molecule has 0 saturated heterocycles. The Morgan fingerprint density at radius 3 is 2.72 bits per heavy atom. The van der Waals surface area contributed by atoms with E-state index in [1.807, 2.05) is 36.4 Å². The normalized spacial score (nSPS) is 13.7. The van der Waals surface area contributed by atoms with Crippen LogP contribution < -0.4 is 20.5 Å². The first kappa shape index (κ1) is 19.3. The predicted octanol–water partition coefficient (Wildman–Crippen LogP) is 3.42. The molecule has 0 atom stereocenters. The van der Waals surface area contributed by atoms with Gasteiger partial charge in [0.05, 0.1) is 20.3 Å². The minimum absolute atomic E-state index is 0. The van der Waals surface area contributed by atoms with Crippen LogP contribution in [0.4, 0.5) is 5.69 Å². The third-order valence-corrected chi connectivity index (χ3v) is 3.76. The van der Waals surface area contributed by atoms with E-state index in [0.29, 0.717) is 24.3 Å². The summed E-state index contributed by atoms with van der Waals surface area (Å²) in [6, 6.07) is 11.3. The summed E-state index contributed by atoms with van der Waals surface area (Å²) in [5, 5.41) is 3.05. The van der Waals surface area contributed by atoms with E-state index >= 15 is 0 Å². The molecule has 1 aromatic heterocycles. The van der Waals surface area contributed by atoms with Crippen LogP contribution in [0.25, 0.3) is 0 Å². The van der Waals surface area contributed by atoms with E-state index in [2.05, 4.69) is 15.3 Å². The highest BCUT2D eigenvalue weighted by molar-refractivity contribution is 14.0. The molecule has 134 valence electrons. The second kappa shape index (κ2) is 9.45. The summed E-state index contributed by atoms with van der Waals surface area (Å²) in [5.41, 5.74) is 7.80. The first-order chi connectivity index (χ1) is 11.7. The van der Waals surface area contributed by atoms with Crippen molar-refractivity contribution in [2.24, 2.45) is 16.6 Å². The van der Waals surface area contributed by atoms with Crippen molar-refractivity contribution in [3.8, 4) is 11.6 Å². The van der Waals surface area contributed by atoms with Crippen molar-refractivity contribution >= 4 is 35.6 Å². The molecular formula is C18H23IN4O2. The average molecular weight is 454 g/mol. The van der Waals surface area contributed by atoms with Gasteiger partial charge < -0.3 is 20.5 Å². The zero-order chi connectivity index (χ0) is 16.8. The summed E-state index contributed by atoms with van der Waals surface area (Å²) >= 11 is 0. The molecule has 1 aromatic carbocycles. The number of rotatable bonds is 7. The van der Waals surface area contributed by atoms with Crippen molar-refractivity contribution in [2.45, 2.75) is 19.4 Å². The van der Waals surface area contributed by atoms with Gasteiger partial charge in [0.2, 0.25) is 5.88 Å². The topological polar surface area (TPSA) is 81.8 Å². The third kappa shape index (κ3) is 6.41. The summed E-state index contributed by atoms with van der Waals surface area (Å²) in [4.78, 5) is 8.57. The van der Waals surface area contributed by atoms with Gasteiger partial charge in [-0.05, 0) is 54.7 Å². The van der Waals surface area contributed by atoms with Crippen LogP contribution in [0.15, 0.2) is 47.6 Å². The quantitative estimate of drug-likeness (QED) is 0.381. The lowest BCUT2D eigenvalue weighted by Crippen LogP contribution is -2.22. The number of nitrogens with zero attached hydrogens (tertiary/aromatic N) is 2. The van der Waals surface area contributed by atoms with Crippen LogP contribution in [-0.4, -0.2) is 24.7 Å². The molecule has 0 unspecified atom stereocenters. The van der Waals surface area contributed by atoms with E-state index in [4.69, 9.17) is 15.2 Å². The smallest absolute Gasteiger partial charge is 0.213 e. The van der Waals surface area contributed by atoms with Crippen molar-refractivity contribution in [1.29, 1.82) is 0 Å². The fraction of sp³-hybridized carbons (Fsp3) is 0.333. The maximum Gasteiger partial charge on any atom is 0.213 e. The van der Waals surface area contributed by atoms with Gasteiger partial charge in [0.1, 0.15) is 5.75 Å². The Morgan fingerprint density at radius 1 is 1.28 bits per heavy atom. The van der Waals surface area contributed by atoms with Crippen LogP contribution >= 0.6 is 24.0 Å². The largest absolute Gasteiger partial charge is 0.497 e. The molecule has 1 fully saturated rings. The summed E-state index contributed by atoms with van der Waals surface area (Å²) in [5.74, 6) is 2.51. The molecule has 25 heavy (non-hydrogen) atoms. The lowest BCUT2D eigenvalue weighted by atomic mass is 10.2. The number of guanidine groups is 1. The lowest BCUT2D eigenvalue weighted by molar-refractivity contribution is 0.288. The van der Waals surface area contributed by atoms with Gasteiger partial charge in [-0.3, -0.25) is 0 Å². The van der Waals surface area contributed by atoms with Gasteiger partial charge in [0, 0.05) is 18.0 Å². The van der Waals surface area contributed by atoms with Gasteiger partial charge in [0.25, 0.3) is 0 Å². The molecule has 6 nitrogen and oxygen atoms in total. The Kier molecular flexibility index (Phi) is 7.30. The number of ether oxygens (including phenoxy) is 2. The second-order valence-electron chi connectivity index (χ2n) is 5.81. The molecule has 1 aliphatic carbocycles.